The molecule has 0 unspecified atom stereocenters. The number of hydrogen-bond acceptors (Lipinski definition) is 5. The van der Waals surface area contributed by atoms with Gasteiger partial charge in [-0.05, 0) is 31.5 Å². The summed E-state index contributed by atoms with van der Waals surface area (Å²) >= 11 is 1.33. The van der Waals surface area contributed by atoms with Gasteiger partial charge in [0.05, 0.1) is 5.75 Å². The predicted octanol–water partition coefficient (Wildman–Crippen LogP) is 3.21. The maximum absolute atomic E-state index is 12.3. The SMILES string of the molecule is CC(C)n1cnnc1SCC(=O)N(C)Cc1ccc(OC(F)F)cc1. The highest BCUT2D eigenvalue weighted by Gasteiger charge is 2.14. The summed E-state index contributed by atoms with van der Waals surface area (Å²) in [4.78, 5) is 13.8. The fourth-order valence-corrected chi connectivity index (χ4v) is 3.05. The van der Waals surface area contributed by atoms with Crippen LogP contribution in [0.1, 0.15) is 25.5 Å². The number of carbonyl (C=O) groups excluding carboxylic acids is 1. The molecule has 1 amide bonds. The number of halogens is 2. The molecule has 0 radical (unpaired) electrons. The monoisotopic (exact) mass is 370 g/mol. The summed E-state index contributed by atoms with van der Waals surface area (Å²) in [5.41, 5.74) is 0.827. The Morgan fingerprint density at radius 3 is 2.60 bits per heavy atom. The Morgan fingerprint density at radius 2 is 2.00 bits per heavy atom. The Hall–Kier alpha value is -2.16. The molecule has 0 N–H and O–H groups in total. The van der Waals surface area contributed by atoms with E-state index in [-0.39, 0.29) is 23.5 Å². The van der Waals surface area contributed by atoms with Gasteiger partial charge < -0.3 is 14.2 Å². The first kappa shape index (κ1) is 19.2. The van der Waals surface area contributed by atoms with E-state index in [1.807, 2.05) is 18.4 Å². The van der Waals surface area contributed by atoms with Gasteiger partial charge in [-0.2, -0.15) is 8.78 Å². The summed E-state index contributed by atoms with van der Waals surface area (Å²) < 4.78 is 30.5. The molecule has 0 saturated heterocycles. The zero-order valence-corrected chi connectivity index (χ0v) is 15.0. The van der Waals surface area contributed by atoms with Crippen molar-refractivity contribution in [2.24, 2.45) is 0 Å². The van der Waals surface area contributed by atoms with Gasteiger partial charge in [-0.25, -0.2) is 0 Å². The Balaban J connectivity index is 1.86. The van der Waals surface area contributed by atoms with Crippen LogP contribution in [0.4, 0.5) is 8.78 Å². The van der Waals surface area contributed by atoms with Crippen LogP contribution in [0.25, 0.3) is 0 Å². The van der Waals surface area contributed by atoms with E-state index < -0.39 is 6.61 Å². The lowest BCUT2D eigenvalue weighted by Crippen LogP contribution is -2.27. The van der Waals surface area contributed by atoms with Gasteiger partial charge in [0.15, 0.2) is 5.16 Å². The molecule has 136 valence electrons. The average molecular weight is 370 g/mol. The lowest BCUT2D eigenvalue weighted by atomic mass is 10.2. The number of ether oxygens (including phenoxy) is 1. The molecule has 0 atom stereocenters. The Labute approximate surface area is 149 Å². The molecule has 1 heterocycles. The van der Waals surface area contributed by atoms with E-state index in [1.54, 1.807) is 30.4 Å². The highest BCUT2D eigenvalue weighted by molar-refractivity contribution is 7.99. The second kappa shape index (κ2) is 8.80. The Kier molecular flexibility index (Phi) is 6.74. The topological polar surface area (TPSA) is 60.2 Å². The number of carbonyl (C=O) groups is 1. The molecular formula is C16H20F2N4O2S. The van der Waals surface area contributed by atoms with E-state index >= 15 is 0 Å². The lowest BCUT2D eigenvalue weighted by Gasteiger charge is -2.17. The molecule has 0 fully saturated rings. The van der Waals surface area contributed by atoms with Gasteiger partial charge in [-0.1, -0.05) is 23.9 Å². The van der Waals surface area contributed by atoms with Crippen LogP contribution in [0.15, 0.2) is 35.7 Å². The van der Waals surface area contributed by atoms with Gasteiger partial charge in [0.2, 0.25) is 5.91 Å². The zero-order valence-electron chi connectivity index (χ0n) is 14.2. The molecule has 2 aromatic rings. The third kappa shape index (κ3) is 5.70. The van der Waals surface area contributed by atoms with E-state index in [9.17, 15) is 13.6 Å². The molecule has 0 aliphatic carbocycles. The normalized spacial score (nSPS) is 11.2. The van der Waals surface area contributed by atoms with Crippen LogP contribution in [0, 0.1) is 0 Å². The van der Waals surface area contributed by atoms with Crippen molar-refractivity contribution in [3.05, 3.63) is 36.2 Å². The number of amides is 1. The van der Waals surface area contributed by atoms with Crippen molar-refractivity contribution >= 4 is 17.7 Å². The second-order valence-corrected chi connectivity index (χ2v) is 6.62. The van der Waals surface area contributed by atoms with Crippen molar-refractivity contribution in [1.82, 2.24) is 19.7 Å². The second-order valence-electron chi connectivity index (χ2n) is 5.68. The fourth-order valence-electron chi connectivity index (χ4n) is 2.06. The molecule has 9 heteroatoms. The van der Waals surface area contributed by atoms with Gasteiger partial charge in [0, 0.05) is 19.6 Å². The van der Waals surface area contributed by atoms with Crippen LogP contribution >= 0.6 is 11.8 Å². The first-order valence-corrected chi connectivity index (χ1v) is 8.65. The standard InChI is InChI=1S/C16H20F2N4O2S/c1-11(2)22-10-19-20-16(22)25-9-14(23)21(3)8-12-4-6-13(7-5-12)24-15(17)18/h4-7,10-11,15H,8-9H2,1-3H3. The highest BCUT2D eigenvalue weighted by Crippen LogP contribution is 2.20. The van der Waals surface area contributed by atoms with E-state index in [4.69, 9.17) is 0 Å². The summed E-state index contributed by atoms with van der Waals surface area (Å²) in [5.74, 6) is 0.279. The summed E-state index contributed by atoms with van der Waals surface area (Å²) in [6.07, 6.45) is 1.64. The van der Waals surface area contributed by atoms with E-state index in [2.05, 4.69) is 14.9 Å². The fraction of sp³-hybridized carbons (Fsp3) is 0.438. The smallest absolute Gasteiger partial charge is 0.387 e. The third-order valence-electron chi connectivity index (χ3n) is 3.42. The quantitative estimate of drug-likeness (QED) is 0.668. The zero-order chi connectivity index (χ0) is 18.4. The Morgan fingerprint density at radius 1 is 1.32 bits per heavy atom. The molecule has 0 aliphatic rings. The van der Waals surface area contributed by atoms with Gasteiger partial charge in [0.1, 0.15) is 12.1 Å². The van der Waals surface area contributed by atoms with Crippen molar-refractivity contribution in [2.75, 3.05) is 12.8 Å². The van der Waals surface area contributed by atoms with Crippen molar-refractivity contribution in [3.8, 4) is 5.75 Å². The lowest BCUT2D eigenvalue weighted by molar-refractivity contribution is -0.127. The van der Waals surface area contributed by atoms with Crippen LogP contribution in [0.3, 0.4) is 0 Å². The first-order valence-electron chi connectivity index (χ1n) is 7.67. The third-order valence-corrected chi connectivity index (χ3v) is 4.36. The molecule has 6 nitrogen and oxygen atoms in total. The largest absolute Gasteiger partial charge is 0.435 e. The summed E-state index contributed by atoms with van der Waals surface area (Å²) in [7, 11) is 1.69. The summed E-state index contributed by atoms with van der Waals surface area (Å²) in [6, 6.07) is 6.45. The van der Waals surface area contributed by atoms with Gasteiger partial charge >= 0.3 is 6.61 Å². The molecule has 0 aliphatic heterocycles. The number of nitrogens with zero attached hydrogens (tertiary/aromatic N) is 4. The molecule has 0 spiro atoms. The average Bonchev–Trinajstić information content (AvgIpc) is 3.02. The van der Waals surface area contributed by atoms with Crippen molar-refractivity contribution < 1.29 is 18.3 Å². The number of benzene rings is 1. The van der Waals surface area contributed by atoms with Crippen LogP contribution in [-0.4, -0.2) is 45.0 Å². The van der Waals surface area contributed by atoms with Crippen molar-refractivity contribution in [2.45, 2.75) is 38.2 Å². The van der Waals surface area contributed by atoms with Gasteiger partial charge in [0.25, 0.3) is 0 Å². The molecule has 0 bridgehead atoms. The number of hydrogen-bond donors (Lipinski definition) is 0. The molecule has 25 heavy (non-hydrogen) atoms. The molecular weight excluding hydrogens is 350 g/mol. The molecule has 1 aromatic heterocycles. The minimum absolute atomic E-state index is 0.0591. The first-order chi connectivity index (χ1) is 11.9. The predicted molar refractivity (Wildman–Crippen MR) is 90.7 cm³/mol. The van der Waals surface area contributed by atoms with Crippen LogP contribution in [0.5, 0.6) is 5.75 Å². The molecule has 0 saturated carbocycles. The Bertz CT molecular complexity index is 692. The van der Waals surface area contributed by atoms with E-state index in [0.717, 1.165) is 5.56 Å². The minimum atomic E-state index is -2.85. The number of thioether (sulfide) groups is 1. The number of alkyl halides is 2. The van der Waals surface area contributed by atoms with Crippen molar-refractivity contribution in [1.29, 1.82) is 0 Å². The van der Waals surface area contributed by atoms with Crippen LogP contribution in [-0.2, 0) is 11.3 Å². The maximum atomic E-state index is 12.3. The van der Waals surface area contributed by atoms with E-state index in [0.29, 0.717) is 11.7 Å². The summed E-state index contributed by atoms with van der Waals surface area (Å²) in [5, 5.41) is 8.58. The number of aromatic nitrogens is 3. The maximum Gasteiger partial charge on any atom is 0.387 e. The minimum Gasteiger partial charge on any atom is -0.435 e. The van der Waals surface area contributed by atoms with Gasteiger partial charge in [-0.15, -0.1) is 10.2 Å². The summed E-state index contributed by atoms with van der Waals surface area (Å²) in [6.45, 7) is 1.57. The van der Waals surface area contributed by atoms with Crippen molar-refractivity contribution in [3.63, 3.8) is 0 Å². The molecule has 2 rings (SSSR count). The molecule has 1 aromatic carbocycles. The van der Waals surface area contributed by atoms with E-state index in [1.165, 1.54) is 23.9 Å². The van der Waals surface area contributed by atoms with Crippen LogP contribution in [0.2, 0.25) is 0 Å². The van der Waals surface area contributed by atoms with Gasteiger partial charge in [-0.3, -0.25) is 4.79 Å². The van der Waals surface area contributed by atoms with Crippen LogP contribution < -0.4 is 4.74 Å². The highest BCUT2D eigenvalue weighted by atomic mass is 32.2. The number of rotatable bonds is 8.